The number of carbonyl (C=O) groups excluding carboxylic acids is 1. The van der Waals surface area contributed by atoms with Gasteiger partial charge >= 0.3 is 12.3 Å². The molecule has 0 bridgehead atoms. The smallest absolute Gasteiger partial charge is 0.425 e. The Labute approximate surface area is 173 Å². The Morgan fingerprint density at radius 3 is 2.60 bits per heavy atom. The third kappa shape index (κ3) is 4.24. The number of ether oxygens (including phenoxy) is 1. The monoisotopic (exact) mass is 421 g/mol. The molecule has 3 heterocycles. The number of hydrogen-bond acceptors (Lipinski definition) is 4. The van der Waals surface area contributed by atoms with Crippen LogP contribution in [0.5, 0.6) is 0 Å². The Morgan fingerprint density at radius 1 is 1.13 bits per heavy atom. The van der Waals surface area contributed by atoms with Gasteiger partial charge in [0.1, 0.15) is 0 Å². The first-order valence-corrected chi connectivity index (χ1v) is 10.4. The highest BCUT2D eigenvalue weighted by Crippen LogP contribution is 2.39. The van der Waals surface area contributed by atoms with E-state index in [-0.39, 0.29) is 5.54 Å². The number of pyridine rings is 1. The van der Waals surface area contributed by atoms with E-state index in [1.54, 1.807) is 0 Å². The summed E-state index contributed by atoms with van der Waals surface area (Å²) in [5.74, 6) is 0. The fourth-order valence-electron chi connectivity index (χ4n) is 4.60. The number of rotatable bonds is 3. The van der Waals surface area contributed by atoms with Crippen LogP contribution in [0.3, 0.4) is 0 Å². The van der Waals surface area contributed by atoms with Gasteiger partial charge in [0.2, 0.25) is 0 Å². The number of likely N-dealkylation sites (tertiary alicyclic amines) is 2. The molecule has 30 heavy (non-hydrogen) atoms. The lowest BCUT2D eigenvalue weighted by molar-refractivity contribution is -0.200. The molecule has 1 unspecified atom stereocenters. The zero-order valence-electron chi connectivity index (χ0n) is 17.0. The van der Waals surface area contributed by atoms with Crippen molar-refractivity contribution in [1.82, 2.24) is 14.8 Å². The average Bonchev–Trinajstić information content (AvgIpc) is 3.09. The fraction of sp³-hybridized carbons (Fsp3) is 0.545. The van der Waals surface area contributed by atoms with Crippen LogP contribution in [0, 0.1) is 0 Å². The second kappa shape index (κ2) is 8.06. The number of piperidine rings is 1. The molecule has 1 atom stereocenters. The van der Waals surface area contributed by atoms with E-state index in [4.69, 9.17) is 4.98 Å². The number of nitrogens with zero attached hydrogens (tertiary/aromatic N) is 3. The number of alkyl halides is 3. The molecule has 1 amide bonds. The van der Waals surface area contributed by atoms with E-state index in [1.165, 1.54) is 4.90 Å². The van der Waals surface area contributed by atoms with Crippen LogP contribution >= 0.6 is 0 Å². The van der Waals surface area contributed by atoms with Crippen molar-refractivity contribution in [3.05, 3.63) is 42.1 Å². The maximum Gasteiger partial charge on any atom is 0.425 e. The zero-order valence-corrected chi connectivity index (χ0v) is 17.0. The maximum atomic E-state index is 12.7. The predicted octanol–water partition coefficient (Wildman–Crippen LogP) is 4.75. The van der Waals surface area contributed by atoms with Crippen molar-refractivity contribution in [3.8, 4) is 0 Å². The maximum absolute atomic E-state index is 12.7. The van der Waals surface area contributed by atoms with E-state index in [1.807, 2.05) is 24.3 Å². The summed E-state index contributed by atoms with van der Waals surface area (Å²) in [4.78, 5) is 20.8. The number of hydrogen-bond donors (Lipinski definition) is 0. The minimum absolute atomic E-state index is 0.0280. The first-order chi connectivity index (χ1) is 14.3. The highest BCUT2D eigenvalue weighted by molar-refractivity contribution is 5.78. The Kier molecular flexibility index (Phi) is 5.61. The van der Waals surface area contributed by atoms with Crippen molar-refractivity contribution in [2.75, 3.05) is 19.6 Å². The number of halogens is 3. The molecule has 1 aromatic carbocycles. The van der Waals surface area contributed by atoms with Crippen LogP contribution in [0.15, 0.2) is 36.4 Å². The second-order valence-electron chi connectivity index (χ2n) is 8.30. The summed E-state index contributed by atoms with van der Waals surface area (Å²) in [6, 6.07) is 12.2. The van der Waals surface area contributed by atoms with Crippen LogP contribution in [0.2, 0.25) is 0 Å². The van der Waals surface area contributed by atoms with Gasteiger partial charge in [-0.1, -0.05) is 24.3 Å². The second-order valence-corrected chi connectivity index (χ2v) is 8.30. The van der Waals surface area contributed by atoms with Crippen LogP contribution in [-0.2, 0) is 11.3 Å². The molecule has 0 aliphatic carbocycles. The van der Waals surface area contributed by atoms with Crippen LogP contribution < -0.4 is 0 Å². The SMILES string of the molecule is CC(OC(=O)N1CCC2(CCCN2Cc2ccc3ccccc3n2)CC1)C(F)(F)F. The normalized spacial score (nSPS) is 20.6. The van der Waals surface area contributed by atoms with Crippen LogP contribution in [0.25, 0.3) is 10.9 Å². The summed E-state index contributed by atoms with van der Waals surface area (Å²) in [5, 5.41) is 1.11. The number of carbonyl (C=O) groups is 1. The average molecular weight is 421 g/mol. The number of fused-ring (bicyclic) bond motifs is 1. The molecule has 2 saturated heterocycles. The molecule has 2 aliphatic rings. The first kappa shape index (κ1) is 20.9. The van der Waals surface area contributed by atoms with Crippen molar-refractivity contribution in [2.45, 2.75) is 57.0 Å². The van der Waals surface area contributed by atoms with Gasteiger partial charge in [-0.2, -0.15) is 13.2 Å². The lowest BCUT2D eigenvalue weighted by Crippen LogP contribution is -2.53. The van der Waals surface area contributed by atoms with Crippen molar-refractivity contribution in [3.63, 3.8) is 0 Å². The first-order valence-electron chi connectivity index (χ1n) is 10.4. The van der Waals surface area contributed by atoms with E-state index in [2.05, 4.69) is 21.8 Å². The van der Waals surface area contributed by atoms with Crippen molar-refractivity contribution >= 4 is 17.0 Å². The molecule has 4 rings (SSSR count). The van der Waals surface area contributed by atoms with Gasteiger partial charge in [-0.15, -0.1) is 0 Å². The zero-order chi connectivity index (χ0) is 21.4. The summed E-state index contributed by atoms with van der Waals surface area (Å²) in [7, 11) is 0. The molecule has 0 saturated carbocycles. The fourth-order valence-corrected chi connectivity index (χ4v) is 4.60. The molecule has 0 radical (unpaired) electrons. The predicted molar refractivity (Wildman–Crippen MR) is 107 cm³/mol. The van der Waals surface area contributed by atoms with Gasteiger partial charge in [0.15, 0.2) is 6.10 Å². The molecular formula is C22H26F3N3O2. The van der Waals surface area contributed by atoms with Crippen molar-refractivity contribution in [2.24, 2.45) is 0 Å². The quantitative estimate of drug-likeness (QED) is 0.717. The largest absolute Gasteiger partial charge is 0.437 e. The Balaban J connectivity index is 1.39. The molecular weight excluding hydrogens is 395 g/mol. The van der Waals surface area contributed by atoms with Gasteiger partial charge in [0, 0.05) is 30.6 Å². The van der Waals surface area contributed by atoms with E-state index < -0.39 is 18.4 Å². The van der Waals surface area contributed by atoms with Gasteiger partial charge in [-0.25, -0.2) is 4.79 Å². The number of benzene rings is 1. The van der Waals surface area contributed by atoms with Crippen LogP contribution in [-0.4, -0.2) is 58.3 Å². The van der Waals surface area contributed by atoms with Crippen LogP contribution in [0.1, 0.15) is 38.3 Å². The third-order valence-electron chi connectivity index (χ3n) is 6.44. The van der Waals surface area contributed by atoms with Gasteiger partial charge in [-0.05, 0) is 51.3 Å². The molecule has 0 N–H and O–H groups in total. The molecule has 8 heteroatoms. The summed E-state index contributed by atoms with van der Waals surface area (Å²) in [6.07, 6.45) is -3.95. The highest BCUT2D eigenvalue weighted by atomic mass is 19.4. The number of para-hydroxylation sites is 1. The molecule has 2 aromatic rings. The third-order valence-corrected chi connectivity index (χ3v) is 6.44. The highest BCUT2D eigenvalue weighted by Gasteiger charge is 2.45. The lowest BCUT2D eigenvalue weighted by Gasteiger charge is -2.44. The van der Waals surface area contributed by atoms with Gasteiger partial charge in [0.05, 0.1) is 11.2 Å². The van der Waals surface area contributed by atoms with Gasteiger partial charge in [0.25, 0.3) is 0 Å². The minimum atomic E-state index is -4.54. The topological polar surface area (TPSA) is 45.7 Å². The van der Waals surface area contributed by atoms with E-state index in [0.717, 1.165) is 62.3 Å². The Morgan fingerprint density at radius 2 is 1.87 bits per heavy atom. The summed E-state index contributed by atoms with van der Waals surface area (Å²) < 4.78 is 42.6. The molecule has 162 valence electrons. The van der Waals surface area contributed by atoms with Crippen LogP contribution in [0.4, 0.5) is 18.0 Å². The molecule has 1 aromatic heterocycles. The molecule has 2 aliphatic heterocycles. The van der Waals surface area contributed by atoms with Crippen molar-refractivity contribution in [1.29, 1.82) is 0 Å². The number of amides is 1. The molecule has 1 spiro atoms. The molecule has 5 nitrogen and oxygen atoms in total. The van der Waals surface area contributed by atoms with Gasteiger partial charge in [-0.3, -0.25) is 9.88 Å². The standard InChI is InChI=1S/C22H26F3N3O2/c1-16(22(23,24)25)30-20(29)27-13-10-21(11-14-27)9-4-12-28(21)15-18-8-7-17-5-2-3-6-19(17)26-18/h2-3,5-8,16H,4,9-15H2,1H3. The lowest BCUT2D eigenvalue weighted by atomic mass is 9.85. The van der Waals surface area contributed by atoms with E-state index in [9.17, 15) is 18.0 Å². The Hall–Kier alpha value is -2.35. The van der Waals surface area contributed by atoms with E-state index in [0.29, 0.717) is 13.1 Å². The van der Waals surface area contributed by atoms with E-state index >= 15 is 0 Å². The summed E-state index contributed by atoms with van der Waals surface area (Å²) >= 11 is 0. The van der Waals surface area contributed by atoms with Crippen molar-refractivity contribution < 1.29 is 22.7 Å². The Bertz CT molecular complexity index is 910. The summed E-state index contributed by atoms with van der Waals surface area (Å²) in [6.45, 7) is 3.37. The minimum Gasteiger partial charge on any atom is -0.437 e. The van der Waals surface area contributed by atoms with Gasteiger partial charge < -0.3 is 9.64 Å². The number of aromatic nitrogens is 1. The molecule has 2 fully saturated rings. The summed E-state index contributed by atoms with van der Waals surface area (Å²) in [5.41, 5.74) is 1.95.